The van der Waals surface area contributed by atoms with Crippen LogP contribution in [0.1, 0.15) is 20.8 Å². The molecule has 2 aromatic rings. The van der Waals surface area contributed by atoms with Crippen molar-refractivity contribution in [3.8, 4) is 0 Å². The molecule has 0 aliphatic rings. The number of hydrogen-bond acceptors (Lipinski definition) is 4. The fraction of sp³-hybridized carbons (Fsp3) is 0.0769. The molecule has 0 fully saturated rings. The van der Waals surface area contributed by atoms with Gasteiger partial charge in [-0.05, 0) is 18.2 Å². The van der Waals surface area contributed by atoms with Crippen molar-refractivity contribution in [1.29, 1.82) is 0 Å². The van der Waals surface area contributed by atoms with Crippen LogP contribution in [0.25, 0.3) is 0 Å². The van der Waals surface area contributed by atoms with Crippen molar-refractivity contribution in [2.75, 3.05) is 5.32 Å². The monoisotopic (exact) mass is 307 g/mol. The van der Waals surface area contributed by atoms with Gasteiger partial charge in [0.1, 0.15) is 5.69 Å². The van der Waals surface area contributed by atoms with Crippen LogP contribution >= 0.6 is 11.6 Å². The van der Waals surface area contributed by atoms with Crippen molar-refractivity contribution >= 4 is 29.2 Å². The number of benzene rings is 1. The Bertz CT molecular complexity index is 785. The number of carboxylic acids is 1. The zero-order valence-corrected chi connectivity index (χ0v) is 11.6. The molecular weight excluding hydrogens is 298 g/mol. The summed E-state index contributed by atoms with van der Waals surface area (Å²) in [5.41, 5.74) is -0.558. The summed E-state index contributed by atoms with van der Waals surface area (Å²) in [7, 11) is 1.40. The number of halogens is 1. The van der Waals surface area contributed by atoms with E-state index in [9.17, 15) is 14.4 Å². The molecule has 0 saturated heterocycles. The smallest absolute Gasteiger partial charge is 0.337 e. The van der Waals surface area contributed by atoms with Gasteiger partial charge in [0.05, 0.1) is 16.3 Å². The summed E-state index contributed by atoms with van der Waals surface area (Å²) in [4.78, 5) is 34.4. The predicted octanol–water partition coefficient (Wildman–Crippen LogP) is 1.38. The van der Waals surface area contributed by atoms with Crippen LogP contribution in [0.2, 0.25) is 5.02 Å². The van der Waals surface area contributed by atoms with Crippen molar-refractivity contribution in [2.45, 2.75) is 0 Å². The molecule has 7 nitrogen and oxygen atoms in total. The zero-order valence-electron chi connectivity index (χ0n) is 10.8. The van der Waals surface area contributed by atoms with E-state index < -0.39 is 11.9 Å². The maximum Gasteiger partial charge on any atom is 0.337 e. The Labute approximate surface area is 123 Å². The third kappa shape index (κ3) is 3.09. The standard InChI is InChI=1S/C13H10ClN3O4/c1-17-10(18)6-5-9(16-17)12(19)15-11-7(13(20)21)3-2-4-8(11)14/h2-6H,1H3,(H,15,19)(H,20,21). The van der Waals surface area contributed by atoms with Crippen LogP contribution in [0.4, 0.5) is 5.69 Å². The third-order valence-electron chi connectivity index (χ3n) is 2.68. The maximum absolute atomic E-state index is 12.1. The normalized spacial score (nSPS) is 10.2. The number of carboxylic acid groups (broad SMARTS) is 1. The van der Waals surface area contributed by atoms with E-state index in [2.05, 4.69) is 10.4 Å². The van der Waals surface area contributed by atoms with Crippen LogP contribution in [0.15, 0.2) is 35.1 Å². The summed E-state index contributed by atoms with van der Waals surface area (Å²) in [6.45, 7) is 0. The van der Waals surface area contributed by atoms with E-state index in [4.69, 9.17) is 16.7 Å². The van der Waals surface area contributed by atoms with E-state index in [1.165, 1.54) is 37.4 Å². The van der Waals surface area contributed by atoms with Crippen LogP contribution in [-0.2, 0) is 7.05 Å². The number of anilines is 1. The second-order valence-corrected chi connectivity index (χ2v) is 4.51. The van der Waals surface area contributed by atoms with Crippen LogP contribution in [0.3, 0.4) is 0 Å². The van der Waals surface area contributed by atoms with Crippen LogP contribution < -0.4 is 10.9 Å². The number of carbonyl (C=O) groups excluding carboxylic acids is 1. The van der Waals surface area contributed by atoms with Crippen LogP contribution in [-0.4, -0.2) is 26.8 Å². The van der Waals surface area contributed by atoms with Gasteiger partial charge in [0.2, 0.25) is 0 Å². The number of hydrogen-bond donors (Lipinski definition) is 2. The average molecular weight is 308 g/mol. The highest BCUT2D eigenvalue weighted by Gasteiger charge is 2.17. The molecule has 2 rings (SSSR count). The highest BCUT2D eigenvalue weighted by atomic mass is 35.5. The van der Waals surface area contributed by atoms with Gasteiger partial charge in [0, 0.05) is 13.1 Å². The Morgan fingerprint density at radius 1 is 1.29 bits per heavy atom. The lowest BCUT2D eigenvalue weighted by atomic mass is 10.1. The van der Waals surface area contributed by atoms with Gasteiger partial charge in [-0.25, -0.2) is 9.48 Å². The second kappa shape index (κ2) is 5.76. The molecule has 1 heterocycles. The molecule has 0 spiro atoms. The minimum Gasteiger partial charge on any atom is -0.478 e. The van der Waals surface area contributed by atoms with Crippen molar-refractivity contribution in [3.05, 3.63) is 57.0 Å². The fourth-order valence-corrected chi connectivity index (χ4v) is 1.85. The fourth-order valence-electron chi connectivity index (χ4n) is 1.63. The van der Waals surface area contributed by atoms with Gasteiger partial charge in [0.25, 0.3) is 11.5 Å². The van der Waals surface area contributed by atoms with Gasteiger partial charge < -0.3 is 10.4 Å². The molecule has 108 valence electrons. The molecule has 0 atom stereocenters. The molecule has 0 aliphatic heterocycles. The molecule has 0 radical (unpaired) electrons. The summed E-state index contributed by atoms with van der Waals surface area (Å²) in [5.74, 6) is -1.89. The van der Waals surface area contributed by atoms with Crippen molar-refractivity contribution in [2.24, 2.45) is 7.05 Å². The Morgan fingerprint density at radius 2 is 2.00 bits per heavy atom. The lowest BCUT2D eigenvalue weighted by molar-refractivity contribution is 0.0698. The number of aromatic nitrogens is 2. The number of amides is 1. The molecule has 1 aromatic heterocycles. The van der Waals surface area contributed by atoms with Gasteiger partial charge >= 0.3 is 5.97 Å². The van der Waals surface area contributed by atoms with Crippen LogP contribution in [0, 0.1) is 0 Å². The number of nitrogens with one attached hydrogen (secondary N) is 1. The second-order valence-electron chi connectivity index (χ2n) is 4.10. The molecule has 8 heteroatoms. The Kier molecular flexibility index (Phi) is 4.04. The van der Waals surface area contributed by atoms with E-state index in [1.807, 2.05) is 0 Å². The van der Waals surface area contributed by atoms with Gasteiger partial charge in [-0.3, -0.25) is 9.59 Å². The van der Waals surface area contributed by atoms with Gasteiger partial charge in [-0.2, -0.15) is 5.10 Å². The minimum absolute atomic E-state index is 0.0210. The van der Waals surface area contributed by atoms with Gasteiger partial charge in [-0.15, -0.1) is 0 Å². The van der Waals surface area contributed by atoms with E-state index in [0.717, 1.165) is 4.68 Å². The molecule has 0 saturated carbocycles. The van der Waals surface area contributed by atoms with E-state index in [0.29, 0.717) is 0 Å². The molecule has 0 aliphatic carbocycles. The van der Waals surface area contributed by atoms with E-state index in [1.54, 1.807) is 0 Å². The molecule has 2 N–H and O–H groups in total. The summed E-state index contributed by atoms with van der Waals surface area (Å²) in [6.07, 6.45) is 0. The summed E-state index contributed by atoms with van der Waals surface area (Å²) in [5, 5.41) is 15.3. The highest BCUT2D eigenvalue weighted by molar-refractivity contribution is 6.34. The lowest BCUT2D eigenvalue weighted by Crippen LogP contribution is -2.24. The van der Waals surface area contributed by atoms with Crippen LogP contribution in [0.5, 0.6) is 0 Å². The first-order chi connectivity index (χ1) is 9.90. The topological polar surface area (TPSA) is 101 Å². The number of carbonyl (C=O) groups is 2. The predicted molar refractivity (Wildman–Crippen MR) is 75.8 cm³/mol. The van der Waals surface area contributed by atoms with Gasteiger partial charge in [0.15, 0.2) is 0 Å². The largest absolute Gasteiger partial charge is 0.478 e. The summed E-state index contributed by atoms with van der Waals surface area (Å²) in [6, 6.07) is 6.67. The lowest BCUT2D eigenvalue weighted by Gasteiger charge is -2.10. The van der Waals surface area contributed by atoms with E-state index in [-0.39, 0.29) is 27.5 Å². The first-order valence-electron chi connectivity index (χ1n) is 5.77. The quantitative estimate of drug-likeness (QED) is 0.892. The number of rotatable bonds is 3. The molecule has 0 unspecified atom stereocenters. The molecule has 1 amide bonds. The maximum atomic E-state index is 12.1. The van der Waals surface area contributed by atoms with E-state index >= 15 is 0 Å². The van der Waals surface area contributed by atoms with Crippen molar-refractivity contribution in [1.82, 2.24) is 9.78 Å². The molecule has 21 heavy (non-hydrogen) atoms. The third-order valence-corrected chi connectivity index (χ3v) is 2.99. The van der Waals surface area contributed by atoms with Gasteiger partial charge in [-0.1, -0.05) is 17.7 Å². The number of para-hydroxylation sites is 1. The first kappa shape index (κ1) is 14.7. The summed E-state index contributed by atoms with van der Waals surface area (Å²) >= 11 is 5.91. The zero-order chi connectivity index (χ0) is 15.6. The first-order valence-corrected chi connectivity index (χ1v) is 6.15. The summed E-state index contributed by atoms with van der Waals surface area (Å²) < 4.78 is 1.000. The Morgan fingerprint density at radius 3 is 2.62 bits per heavy atom. The van der Waals surface area contributed by atoms with Crippen molar-refractivity contribution in [3.63, 3.8) is 0 Å². The highest BCUT2D eigenvalue weighted by Crippen LogP contribution is 2.26. The molecule has 0 bridgehead atoms. The SMILES string of the molecule is Cn1nc(C(=O)Nc2c(Cl)cccc2C(=O)O)ccc1=O. The Balaban J connectivity index is 2.38. The number of aromatic carboxylic acids is 1. The number of nitrogens with zero attached hydrogens (tertiary/aromatic N) is 2. The molecular formula is C13H10ClN3O4. The average Bonchev–Trinajstić information content (AvgIpc) is 2.43. The Hall–Kier alpha value is -2.67. The molecule has 1 aromatic carbocycles. The minimum atomic E-state index is -1.22. The number of aryl methyl sites for hydroxylation is 1. The van der Waals surface area contributed by atoms with Crippen molar-refractivity contribution < 1.29 is 14.7 Å².